The highest BCUT2D eigenvalue weighted by Gasteiger charge is 1.99. The molecule has 1 heterocycles. The molecule has 0 aliphatic heterocycles. The number of ether oxygens (including phenoxy) is 1. The van der Waals surface area contributed by atoms with Crippen LogP contribution in [0.1, 0.15) is 0 Å². The van der Waals surface area contributed by atoms with Crippen molar-refractivity contribution in [3.63, 3.8) is 0 Å². The average Bonchev–Trinajstić information content (AvgIpc) is 2.51. The van der Waals surface area contributed by atoms with Gasteiger partial charge in [-0.3, -0.25) is 4.68 Å². The second-order valence-corrected chi connectivity index (χ2v) is 2.95. The lowest BCUT2D eigenvalue weighted by Crippen LogP contribution is -1.84. The molecule has 72 valence electrons. The van der Waals surface area contributed by atoms with Crippen LogP contribution in [0.25, 0.3) is 0 Å². The Bertz CT molecular complexity index is 437. The summed E-state index contributed by atoms with van der Waals surface area (Å²) in [5.74, 6) is 1.43. The molecule has 1 aromatic carbocycles. The van der Waals surface area contributed by atoms with Crippen molar-refractivity contribution >= 4 is 0 Å². The van der Waals surface area contributed by atoms with Crippen molar-refractivity contribution in [2.75, 3.05) is 0 Å². The van der Waals surface area contributed by atoms with Gasteiger partial charge in [0.05, 0.1) is 12.4 Å². The molecule has 4 nitrogen and oxygen atoms in total. The molecule has 2 rings (SSSR count). The fourth-order valence-corrected chi connectivity index (χ4v) is 1.13. The van der Waals surface area contributed by atoms with Gasteiger partial charge >= 0.3 is 0 Å². The Morgan fingerprint density at radius 1 is 1.36 bits per heavy atom. The van der Waals surface area contributed by atoms with Gasteiger partial charge in [0, 0.05) is 13.1 Å². The molecule has 0 bridgehead atoms. The molecule has 0 amide bonds. The Morgan fingerprint density at radius 3 is 2.86 bits per heavy atom. The number of hydrogen-bond acceptors (Lipinski definition) is 3. The van der Waals surface area contributed by atoms with E-state index in [0.717, 1.165) is 0 Å². The zero-order chi connectivity index (χ0) is 9.97. The standard InChI is InChI=1S/C10H10N2O2/c1-12-7-10(6-11-12)14-9-4-2-3-8(13)5-9/h2-7,13H,1H3. The molecule has 0 unspecified atom stereocenters. The number of rotatable bonds is 2. The van der Waals surface area contributed by atoms with Gasteiger partial charge in [-0.05, 0) is 12.1 Å². The maximum absolute atomic E-state index is 9.20. The quantitative estimate of drug-likeness (QED) is 0.786. The lowest BCUT2D eigenvalue weighted by Gasteiger charge is -2.01. The monoisotopic (exact) mass is 190 g/mol. The van der Waals surface area contributed by atoms with Crippen LogP contribution in [0.3, 0.4) is 0 Å². The van der Waals surface area contributed by atoms with Crippen molar-refractivity contribution in [2.24, 2.45) is 7.05 Å². The first-order valence-electron chi connectivity index (χ1n) is 4.19. The predicted molar refractivity (Wildman–Crippen MR) is 51.4 cm³/mol. The van der Waals surface area contributed by atoms with Crippen LogP contribution in [-0.2, 0) is 7.05 Å². The minimum absolute atomic E-state index is 0.186. The number of nitrogens with zero attached hydrogens (tertiary/aromatic N) is 2. The molecule has 0 atom stereocenters. The number of benzene rings is 1. The molecule has 0 fully saturated rings. The third-order valence-corrected chi connectivity index (χ3v) is 1.73. The van der Waals surface area contributed by atoms with Crippen LogP contribution < -0.4 is 4.74 Å². The van der Waals surface area contributed by atoms with E-state index in [1.165, 1.54) is 0 Å². The van der Waals surface area contributed by atoms with Crippen LogP contribution >= 0.6 is 0 Å². The molecule has 0 saturated heterocycles. The summed E-state index contributed by atoms with van der Waals surface area (Å²) >= 11 is 0. The Balaban J connectivity index is 2.18. The molecular weight excluding hydrogens is 180 g/mol. The Kier molecular flexibility index (Phi) is 2.10. The van der Waals surface area contributed by atoms with Gasteiger partial charge in [-0.2, -0.15) is 5.10 Å². The highest BCUT2D eigenvalue weighted by atomic mass is 16.5. The SMILES string of the molecule is Cn1cc(Oc2cccc(O)c2)cn1. The van der Waals surface area contributed by atoms with Crippen molar-refractivity contribution in [2.45, 2.75) is 0 Å². The zero-order valence-corrected chi connectivity index (χ0v) is 7.71. The van der Waals surface area contributed by atoms with Gasteiger partial charge in [-0.1, -0.05) is 6.07 Å². The van der Waals surface area contributed by atoms with E-state index in [1.54, 1.807) is 41.3 Å². The van der Waals surface area contributed by atoms with E-state index in [4.69, 9.17) is 4.74 Å². The van der Waals surface area contributed by atoms with E-state index in [2.05, 4.69) is 5.10 Å². The third kappa shape index (κ3) is 1.85. The molecule has 2 aromatic rings. The summed E-state index contributed by atoms with van der Waals surface area (Å²) in [5.41, 5.74) is 0. The molecule has 0 radical (unpaired) electrons. The summed E-state index contributed by atoms with van der Waals surface area (Å²) in [6.07, 6.45) is 3.37. The summed E-state index contributed by atoms with van der Waals surface area (Å²) in [6, 6.07) is 6.64. The third-order valence-electron chi connectivity index (χ3n) is 1.73. The van der Waals surface area contributed by atoms with Crippen LogP contribution in [-0.4, -0.2) is 14.9 Å². The highest BCUT2D eigenvalue weighted by molar-refractivity contribution is 5.34. The molecule has 1 N–H and O–H groups in total. The van der Waals surface area contributed by atoms with Crippen molar-refractivity contribution in [3.05, 3.63) is 36.7 Å². The molecule has 0 aliphatic carbocycles. The van der Waals surface area contributed by atoms with E-state index in [9.17, 15) is 5.11 Å². The van der Waals surface area contributed by atoms with Crippen LogP contribution in [0, 0.1) is 0 Å². The number of aryl methyl sites for hydroxylation is 1. The summed E-state index contributed by atoms with van der Waals surface area (Å²) < 4.78 is 7.09. The van der Waals surface area contributed by atoms with E-state index < -0.39 is 0 Å². The van der Waals surface area contributed by atoms with E-state index in [1.807, 2.05) is 7.05 Å². The fourth-order valence-electron chi connectivity index (χ4n) is 1.13. The fraction of sp³-hybridized carbons (Fsp3) is 0.100. The highest BCUT2D eigenvalue weighted by Crippen LogP contribution is 2.23. The van der Waals surface area contributed by atoms with Crippen molar-refractivity contribution in [1.29, 1.82) is 0 Å². The van der Waals surface area contributed by atoms with Crippen molar-refractivity contribution in [1.82, 2.24) is 9.78 Å². The maximum atomic E-state index is 9.20. The molecule has 0 spiro atoms. The first-order chi connectivity index (χ1) is 6.74. The smallest absolute Gasteiger partial charge is 0.165 e. The molecule has 4 heteroatoms. The second-order valence-electron chi connectivity index (χ2n) is 2.95. The number of aromatic nitrogens is 2. The van der Waals surface area contributed by atoms with Crippen molar-refractivity contribution < 1.29 is 9.84 Å². The van der Waals surface area contributed by atoms with Crippen LogP contribution in [0.4, 0.5) is 0 Å². The topological polar surface area (TPSA) is 47.3 Å². The first-order valence-corrected chi connectivity index (χ1v) is 4.19. The summed E-state index contributed by atoms with van der Waals surface area (Å²) in [6.45, 7) is 0. The molecule has 0 aliphatic rings. The second kappa shape index (κ2) is 3.41. The van der Waals surface area contributed by atoms with Crippen LogP contribution in [0.15, 0.2) is 36.7 Å². The summed E-state index contributed by atoms with van der Waals surface area (Å²) in [4.78, 5) is 0. The lowest BCUT2D eigenvalue weighted by atomic mass is 10.3. The Labute approximate surface area is 81.4 Å². The summed E-state index contributed by atoms with van der Waals surface area (Å²) in [5, 5.41) is 13.2. The Morgan fingerprint density at radius 2 is 2.21 bits per heavy atom. The minimum atomic E-state index is 0.186. The molecule has 0 saturated carbocycles. The first kappa shape index (κ1) is 8.62. The van der Waals surface area contributed by atoms with E-state index >= 15 is 0 Å². The molecule has 1 aromatic heterocycles. The van der Waals surface area contributed by atoms with Crippen LogP contribution in [0.5, 0.6) is 17.2 Å². The normalized spacial score (nSPS) is 10.1. The zero-order valence-electron chi connectivity index (χ0n) is 7.71. The predicted octanol–water partition coefficient (Wildman–Crippen LogP) is 1.92. The number of phenolic OH excluding ortho intramolecular Hbond substituents is 1. The van der Waals surface area contributed by atoms with Gasteiger partial charge in [0.25, 0.3) is 0 Å². The maximum Gasteiger partial charge on any atom is 0.165 e. The molecular formula is C10H10N2O2. The number of phenols is 1. The van der Waals surface area contributed by atoms with Crippen LogP contribution in [0.2, 0.25) is 0 Å². The summed E-state index contributed by atoms with van der Waals surface area (Å²) in [7, 11) is 1.81. The van der Waals surface area contributed by atoms with Gasteiger partial charge in [0.15, 0.2) is 5.75 Å². The van der Waals surface area contributed by atoms with Gasteiger partial charge in [0.2, 0.25) is 0 Å². The largest absolute Gasteiger partial charge is 0.508 e. The molecule has 14 heavy (non-hydrogen) atoms. The number of aromatic hydroxyl groups is 1. The van der Waals surface area contributed by atoms with Gasteiger partial charge < -0.3 is 9.84 Å². The number of hydrogen-bond donors (Lipinski definition) is 1. The van der Waals surface area contributed by atoms with Gasteiger partial charge in [-0.25, -0.2) is 0 Å². The Hall–Kier alpha value is -1.97. The van der Waals surface area contributed by atoms with E-state index in [0.29, 0.717) is 11.5 Å². The lowest BCUT2D eigenvalue weighted by molar-refractivity contribution is 0.455. The van der Waals surface area contributed by atoms with Gasteiger partial charge in [0.1, 0.15) is 11.5 Å². The minimum Gasteiger partial charge on any atom is -0.508 e. The van der Waals surface area contributed by atoms with Crippen molar-refractivity contribution in [3.8, 4) is 17.2 Å². The van der Waals surface area contributed by atoms with Gasteiger partial charge in [-0.15, -0.1) is 0 Å². The average molecular weight is 190 g/mol. The van der Waals surface area contributed by atoms with E-state index in [-0.39, 0.29) is 5.75 Å².